The predicted molar refractivity (Wildman–Crippen MR) is 63.9 cm³/mol. The molecule has 1 aliphatic heterocycles. The largest absolute Gasteiger partial charge is 0.393 e. The molecule has 2 aliphatic rings. The number of likely N-dealkylation sites (tertiary alicyclic amines) is 1. The van der Waals surface area contributed by atoms with E-state index in [1.54, 1.807) is 0 Å². The van der Waals surface area contributed by atoms with Crippen LogP contribution >= 0.6 is 0 Å². The lowest BCUT2D eigenvalue weighted by molar-refractivity contribution is -0.136. The Morgan fingerprint density at radius 2 is 1.62 bits per heavy atom. The summed E-state index contributed by atoms with van der Waals surface area (Å²) in [6, 6.07) is 0. The van der Waals surface area contributed by atoms with Crippen molar-refractivity contribution in [2.75, 3.05) is 20.1 Å². The van der Waals surface area contributed by atoms with Crippen LogP contribution in [0.25, 0.3) is 0 Å². The second kappa shape index (κ2) is 6.86. The fraction of sp³-hybridized carbons (Fsp3) is 0.917. The van der Waals surface area contributed by atoms with E-state index in [9.17, 15) is 9.90 Å². The van der Waals surface area contributed by atoms with Gasteiger partial charge in [-0.2, -0.15) is 0 Å². The Morgan fingerprint density at radius 3 is 2.12 bits per heavy atom. The number of carbonyl (C=O) groups excluding carboxylic acids is 1. The van der Waals surface area contributed by atoms with Gasteiger partial charge in [-0.05, 0) is 45.6 Å². The molecule has 4 nitrogen and oxygen atoms in total. The molecule has 2 rings (SSSR count). The van der Waals surface area contributed by atoms with E-state index in [4.69, 9.17) is 0 Å². The van der Waals surface area contributed by atoms with Crippen LogP contribution in [0.4, 0.5) is 0 Å². The average Bonchev–Trinajstić information content (AvgIpc) is 2.85. The van der Waals surface area contributed by atoms with Crippen LogP contribution < -0.4 is 5.73 Å². The first-order valence-corrected chi connectivity index (χ1v) is 6.32. The highest BCUT2D eigenvalue weighted by Crippen LogP contribution is 2.26. The number of hydrogen-bond donors (Lipinski definition) is 2. The van der Waals surface area contributed by atoms with E-state index >= 15 is 0 Å². The molecule has 0 unspecified atom stereocenters. The van der Waals surface area contributed by atoms with Gasteiger partial charge >= 0.3 is 0 Å². The second-order valence-electron chi connectivity index (χ2n) is 4.54. The molecule has 0 atom stereocenters. The molecule has 2 fully saturated rings. The van der Waals surface area contributed by atoms with Crippen molar-refractivity contribution in [1.82, 2.24) is 4.90 Å². The van der Waals surface area contributed by atoms with Crippen molar-refractivity contribution in [2.45, 2.75) is 44.6 Å². The molecular weight excluding hydrogens is 204 g/mol. The number of hydrogen-bond acceptors (Lipinski definition) is 3. The van der Waals surface area contributed by atoms with E-state index in [-0.39, 0.29) is 12.0 Å². The zero-order chi connectivity index (χ0) is 12.0. The average molecular weight is 228 g/mol. The van der Waals surface area contributed by atoms with Crippen LogP contribution in [-0.4, -0.2) is 42.2 Å². The Bertz CT molecular complexity index is 207. The highest BCUT2D eigenvalue weighted by molar-refractivity contribution is 5.79. The Hall–Kier alpha value is -0.610. The van der Waals surface area contributed by atoms with Crippen molar-refractivity contribution >= 4 is 5.91 Å². The van der Waals surface area contributed by atoms with Crippen molar-refractivity contribution in [3.8, 4) is 0 Å². The van der Waals surface area contributed by atoms with Crippen LogP contribution in [-0.2, 0) is 4.79 Å². The lowest BCUT2D eigenvalue weighted by Gasteiger charge is -2.28. The molecule has 3 N–H and O–H groups in total. The minimum absolute atomic E-state index is 0.155. The normalized spacial score (nSPS) is 29.6. The van der Waals surface area contributed by atoms with Crippen LogP contribution in [0.3, 0.4) is 0 Å². The number of amides is 1. The van der Waals surface area contributed by atoms with Crippen LogP contribution in [0.15, 0.2) is 0 Å². The molecule has 0 spiro atoms. The van der Waals surface area contributed by atoms with Crippen molar-refractivity contribution in [3.63, 3.8) is 0 Å². The first-order chi connectivity index (χ1) is 7.77. The molecule has 1 amide bonds. The van der Waals surface area contributed by atoms with E-state index in [2.05, 4.69) is 5.73 Å². The molecule has 0 aromatic rings. The first-order valence-electron chi connectivity index (χ1n) is 6.32. The maximum absolute atomic E-state index is 12.0. The Labute approximate surface area is 97.8 Å². The quantitative estimate of drug-likeness (QED) is 0.695. The van der Waals surface area contributed by atoms with E-state index in [1.807, 2.05) is 4.90 Å². The minimum atomic E-state index is -0.155. The van der Waals surface area contributed by atoms with Gasteiger partial charge in [0.05, 0.1) is 6.10 Å². The molecule has 4 heteroatoms. The van der Waals surface area contributed by atoms with Gasteiger partial charge in [-0.3, -0.25) is 4.79 Å². The van der Waals surface area contributed by atoms with Crippen molar-refractivity contribution in [1.29, 1.82) is 0 Å². The van der Waals surface area contributed by atoms with Crippen molar-refractivity contribution in [2.24, 2.45) is 11.7 Å². The lowest BCUT2D eigenvalue weighted by atomic mass is 9.86. The van der Waals surface area contributed by atoms with Gasteiger partial charge in [0.2, 0.25) is 5.91 Å². The number of nitrogens with two attached hydrogens (primary N) is 1. The van der Waals surface area contributed by atoms with Crippen molar-refractivity contribution in [3.05, 3.63) is 0 Å². The second-order valence-corrected chi connectivity index (χ2v) is 4.54. The molecule has 16 heavy (non-hydrogen) atoms. The lowest BCUT2D eigenvalue weighted by Crippen LogP contribution is -2.36. The number of nitrogens with zero attached hydrogens (tertiary/aromatic N) is 1. The van der Waals surface area contributed by atoms with E-state index in [0.717, 1.165) is 38.8 Å². The van der Waals surface area contributed by atoms with Gasteiger partial charge in [-0.25, -0.2) is 0 Å². The summed E-state index contributed by atoms with van der Waals surface area (Å²) < 4.78 is 0. The summed E-state index contributed by atoms with van der Waals surface area (Å²) in [6.07, 6.45) is 5.57. The Morgan fingerprint density at radius 1 is 1.12 bits per heavy atom. The summed E-state index contributed by atoms with van der Waals surface area (Å²) in [7, 11) is 1.50. The molecule has 1 aliphatic carbocycles. The van der Waals surface area contributed by atoms with E-state index in [1.165, 1.54) is 19.9 Å². The molecular formula is C12H24N2O2. The van der Waals surface area contributed by atoms with Gasteiger partial charge in [0.15, 0.2) is 0 Å². The van der Waals surface area contributed by atoms with Gasteiger partial charge in [-0.1, -0.05) is 0 Å². The van der Waals surface area contributed by atoms with E-state index < -0.39 is 0 Å². The molecule has 1 saturated carbocycles. The fourth-order valence-corrected chi connectivity index (χ4v) is 2.52. The monoisotopic (exact) mass is 228 g/mol. The summed E-state index contributed by atoms with van der Waals surface area (Å²) >= 11 is 0. The molecule has 0 aromatic heterocycles. The van der Waals surface area contributed by atoms with Gasteiger partial charge in [-0.15, -0.1) is 0 Å². The molecule has 94 valence electrons. The Kier molecular flexibility index (Phi) is 5.77. The van der Waals surface area contributed by atoms with Crippen LogP contribution in [0.2, 0.25) is 0 Å². The molecule has 0 bridgehead atoms. The molecule has 0 aromatic carbocycles. The summed E-state index contributed by atoms with van der Waals surface area (Å²) in [4.78, 5) is 14.0. The van der Waals surface area contributed by atoms with Gasteiger partial charge < -0.3 is 15.7 Å². The van der Waals surface area contributed by atoms with Gasteiger partial charge in [0, 0.05) is 19.0 Å². The highest BCUT2D eigenvalue weighted by Gasteiger charge is 2.29. The highest BCUT2D eigenvalue weighted by atomic mass is 16.3. The van der Waals surface area contributed by atoms with Crippen LogP contribution in [0.5, 0.6) is 0 Å². The van der Waals surface area contributed by atoms with Crippen molar-refractivity contribution < 1.29 is 9.90 Å². The number of carbonyl (C=O) groups is 1. The topological polar surface area (TPSA) is 66.6 Å². The standard InChI is InChI=1S/C11H19NO2.CH5N/c13-10-5-3-9(4-6-10)11(14)12-7-1-2-8-12;1-2/h9-10,13H,1-8H2;2H2,1H3. The third-order valence-corrected chi connectivity index (χ3v) is 3.46. The summed E-state index contributed by atoms with van der Waals surface area (Å²) in [5.74, 6) is 0.547. The molecule has 1 saturated heterocycles. The maximum atomic E-state index is 12.0. The third kappa shape index (κ3) is 3.46. The van der Waals surface area contributed by atoms with E-state index in [0.29, 0.717) is 5.91 Å². The zero-order valence-electron chi connectivity index (χ0n) is 10.2. The van der Waals surface area contributed by atoms with Gasteiger partial charge in [0.25, 0.3) is 0 Å². The maximum Gasteiger partial charge on any atom is 0.225 e. The SMILES string of the molecule is CN.O=C(C1CCC(O)CC1)N1CCCC1. The molecule has 0 radical (unpaired) electrons. The smallest absolute Gasteiger partial charge is 0.225 e. The minimum Gasteiger partial charge on any atom is -0.393 e. The first kappa shape index (κ1) is 13.5. The zero-order valence-corrected chi connectivity index (χ0v) is 10.2. The van der Waals surface area contributed by atoms with Gasteiger partial charge in [0.1, 0.15) is 0 Å². The number of aliphatic hydroxyl groups excluding tert-OH is 1. The number of rotatable bonds is 1. The third-order valence-electron chi connectivity index (χ3n) is 3.46. The van der Waals surface area contributed by atoms with Crippen LogP contribution in [0.1, 0.15) is 38.5 Å². The van der Waals surface area contributed by atoms with Crippen LogP contribution in [0, 0.1) is 5.92 Å². The summed E-state index contributed by atoms with van der Waals surface area (Å²) in [5.41, 5.74) is 4.50. The Balaban J connectivity index is 0.000000606. The summed E-state index contributed by atoms with van der Waals surface area (Å²) in [6.45, 7) is 1.91. The predicted octanol–water partition coefficient (Wildman–Crippen LogP) is 0.735. The molecule has 1 heterocycles. The fourth-order valence-electron chi connectivity index (χ4n) is 2.52. The number of aliphatic hydroxyl groups is 1. The summed E-state index contributed by atoms with van der Waals surface area (Å²) in [5, 5.41) is 9.35.